The summed E-state index contributed by atoms with van der Waals surface area (Å²) in [6.45, 7) is 3.14. The number of carbonyl (C=O) groups excluding carboxylic acids is 2. The Labute approximate surface area is 155 Å². The number of anilines is 1. The van der Waals surface area contributed by atoms with Gasteiger partial charge in [0, 0.05) is 18.8 Å². The first-order chi connectivity index (χ1) is 12.6. The molecule has 26 heavy (non-hydrogen) atoms. The minimum atomic E-state index is -0.109. The number of nitrogens with one attached hydrogen (secondary N) is 1. The molecule has 0 saturated heterocycles. The SMILES string of the molecule is Cc1csc(C(=O)Nc2ccc3c(c2)CN(C(=O)c2ccco2)CC3)c1. The number of amides is 2. The monoisotopic (exact) mass is 366 g/mol. The third-order valence-corrected chi connectivity index (χ3v) is 5.50. The van der Waals surface area contributed by atoms with Crippen molar-refractivity contribution in [3.05, 3.63) is 75.4 Å². The fraction of sp³-hybridized carbons (Fsp3) is 0.200. The Balaban J connectivity index is 1.50. The standard InChI is InChI=1S/C20H18N2O3S/c1-13-9-18(26-12-13)19(23)21-16-5-4-14-6-7-22(11-15(14)10-16)20(24)17-3-2-8-25-17/h2-5,8-10,12H,6-7,11H2,1H3,(H,21,23). The largest absolute Gasteiger partial charge is 0.459 e. The van der Waals surface area contributed by atoms with E-state index < -0.39 is 0 Å². The van der Waals surface area contributed by atoms with Crippen molar-refractivity contribution in [2.75, 3.05) is 11.9 Å². The number of carbonyl (C=O) groups is 2. The molecule has 0 bridgehead atoms. The molecule has 5 nitrogen and oxygen atoms in total. The van der Waals surface area contributed by atoms with Crippen molar-refractivity contribution >= 4 is 28.8 Å². The third kappa shape index (κ3) is 3.28. The van der Waals surface area contributed by atoms with Crippen LogP contribution in [0.25, 0.3) is 0 Å². The van der Waals surface area contributed by atoms with Crippen molar-refractivity contribution in [2.24, 2.45) is 0 Å². The highest BCUT2D eigenvalue weighted by Gasteiger charge is 2.23. The summed E-state index contributed by atoms with van der Waals surface area (Å²) in [6, 6.07) is 11.2. The first kappa shape index (κ1) is 16.6. The molecule has 0 atom stereocenters. The lowest BCUT2D eigenvalue weighted by molar-refractivity contribution is 0.0702. The predicted octanol–water partition coefficient (Wildman–Crippen LogP) is 4.10. The van der Waals surface area contributed by atoms with Crippen molar-refractivity contribution < 1.29 is 14.0 Å². The first-order valence-corrected chi connectivity index (χ1v) is 9.29. The smallest absolute Gasteiger partial charge is 0.289 e. The number of hydrogen-bond donors (Lipinski definition) is 1. The first-order valence-electron chi connectivity index (χ1n) is 8.41. The zero-order chi connectivity index (χ0) is 18.1. The molecule has 2 aromatic heterocycles. The summed E-state index contributed by atoms with van der Waals surface area (Å²) in [5.41, 5.74) is 4.08. The van der Waals surface area contributed by atoms with Crippen molar-refractivity contribution in [1.82, 2.24) is 4.90 Å². The van der Waals surface area contributed by atoms with Crippen LogP contribution in [0.5, 0.6) is 0 Å². The average molecular weight is 366 g/mol. The number of benzene rings is 1. The molecule has 0 saturated carbocycles. The number of rotatable bonds is 3. The van der Waals surface area contributed by atoms with Gasteiger partial charge < -0.3 is 14.6 Å². The summed E-state index contributed by atoms with van der Waals surface area (Å²) in [5, 5.41) is 4.90. The Morgan fingerprint density at radius 2 is 2.08 bits per heavy atom. The molecule has 0 aliphatic carbocycles. The molecule has 3 aromatic rings. The van der Waals surface area contributed by atoms with Crippen molar-refractivity contribution in [2.45, 2.75) is 19.9 Å². The van der Waals surface area contributed by atoms with Crippen LogP contribution in [0, 0.1) is 6.92 Å². The van der Waals surface area contributed by atoms with E-state index in [1.165, 1.54) is 23.2 Å². The summed E-state index contributed by atoms with van der Waals surface area (Å²) in [5.74, 6) is 0.137. The maximum atomic E-state index is 12.5. The fourth-order valence-corrected chi connectivity index (χ4v) is 3.90. The second-order valence-corrected chi connectivity index (χ2v) is 7.29. The van der Waals surface area contributed by atoms with Gasteiger partial charge in [0.25, 0.3) is 11.8 Å². The summed E-state index contributed by atoms with van der Waals surface area (Å²) in [4.78, 5) is 27.3. The third-order valence-electron chi connectivity index (χ3n) is 4.45. The van der Waals surface area contributed by atoms with Gasteiger partial charge in [-0.05, 0) is 65.7 Å². The number of nitrogens with zero attached hydrogens (tertiary/aromatic N) is 1. The molecule has 3 heterocycles. The highest BCUT2D eigenvalue weighted by Crippen LogP contribution is 2.25. The quantitative estimate of drug-likeness (QED) is 0.759. The molecular weight excluding hydrogens is 348 g/mol. The Bertz CT molecular complexity index is 959. The summed E-state index contributed by atoms with van der Waals surface area (Å²) < 4.78 is 5.22. The normalized spacial score (nSPS) is 13.3. The lowest BCUT2D eigenvalue weighted by Gasteiger charge is -2.28. The van der Waals surface area contributed by atoms with Gasteiger partial charge in [-0.3, -0.25) is 9.59 Å². The van der Waals surface area contributed by atoms with E-state index >= 15 is 0 Å². The predicted molar refractivity (Wildman–Crippen MR) is 101 cm³/mol. The van der Waals surface area contributed by atoms with Crippen molar-refractivity contribution in [3.63, 3.8) is 0 Å². The van der Waals surface area contributed by atoms with Crippen molar-refractivity contribution in [1.29, 1.82) is 0 Å². The summed E-state index contributed by atoms with van der Waals surface area (Å²) in [6.07, 6.45) is 2.30. The second-order valence-electron chi connectivity index (χ2n) is 6.38. The number of aryl methyl sites for hydroxylation is 1. The number of thiophene rings is 1. The van der Waals surface area contributed by atoms with Crippen LogP contribution in [0.2, 0.25) is 0 Å². The minimum absolute atomic E-state index is 0.107. The van der Waals surface area contributed by atoms with Gasteiger partial charge in [-0.25, -0.2) is 0 Å². The molecule has 4 rings (SSSR count). The van der Waals surface area contributed by atoms with Crippen LogP contribution in [-0.4, -0.2) is 23.3 Å². The van der Waals surface area contributed by atoms with Crippen LogP contribution in [0.15, 0.2) is 52.5 Å². The fourth-order valence-electron chi connectivity index (χ4n) is 3.11. The number of fused-ring (bicyclic) bond motifs is 1. The molecule has 1 aliphatic rings. The second kappa shape index (κ2) is 6.80. The average Bonchev–Trinajstić information content (AvgIpc) is 3.32. The molecule has 132 valence electrons. The molecule has 0 spiro atoms. The van der Waals surface area contributed by atoms with Crippen LogP contribution < -0.4 is 5.32 Å². The molecule has 0 radical (unpaired) electrons. The maximum Gasteiger partial charge on any atom is 0.289 e. The lowest BCUT2D eigenvalue weighted by atomic mass is 9.99. The number of furan rings is 1. The van der Waals surface area contributed by atoms with Gasteiger partial charge in [0.1, 0.15) is 0 Å². The van der Waals surface area contributed by atoms with E-state index in [2.05, 4.69) is 5.32 Å². The number of hydrogen-bond acceptors (Lipinski definition) is 4. The molecule has 1 aliphatic heterocycles. The van der Waals surface area contributed by atoms with E-state index in [0.717, 1.165) is 23.2 Å². The van der Waals surface area contributed by atoms with Crippen molar-refractivity contribution in [3.8, 4) is 0 Å². The molecule has 2 amide bonds. The van der Waals surface area contributed by atoms with Crippen LogP contribution in [-0.2, 0) is 13.0 Å². The van der Waals surface area contributed by atoms with E-state index in [4.69, 9.17) is 4.42 Å². The van der Waals surface area contributed by atoms with E-state index in [1.807, 2.05) is 36.6 Å². The van der Waals surface area contributed by atoms with Gasteiger partial charge in [0.05, 0.1) is 11.1 Å². The lowest BCUT2D eigenvalue weighted by Crippen LogP contribution is -2.35. The van der Waals surface area contributed by atoms with Gasteiger partial charge in [-0.1, -0.05) is 6.07 Å². The van der Waals surface area contributed by atoms with Gasteiger partial charge in [0.15, 0.2) is 5.76 Å². The Kier molecular flexibility index (Phi) is 4.34. The molecule has 6 heteroatoms. The Morgan fingerprint density at radius 1 is 1.19 bits per heavy atom. The molecule has 1 N–H and O–H groups in total. The van der Waals surface area contributed by atoms with E-state index in [1.54, 1.807) is 17.0 Å². The van der Waals surface area contributed by atoms with Crippen LogP contribution in [0.3, 0.4) is 0 Å². The molecule has 1 aromatic carbocycles. The summed E-state index contributed by atoms with van der Waals surface area (Å²) in [7, 11) is 0. The Hall–Kier alpha value is -2.86. The zero-order valence-electron chi connectivity index (χ0n) is 14.3. The maximum absolute atomic E-state index is 12.5. The highest BCUT2D eigenvalue weighted by atomic mass is 32.1. The van der Waals surface area contributed by atoms with Gasteiger partial charge in [-0.2, -0.15) is 0 Å². The molecular formula is C20H18N2O3S. The zero-order valence-corrected chi connectivity index (χ0v) is 15.1. The van der Waals surface area contributed by atoms with E-state index in [0.29, 0.717) is 23.7 Å². The molecule has 0 fully saturated rings. The molecule has 0 unspecified atom stereocenters. The van der Waals surface area contributed by atoms with Crippen LogP contribution in [0.1, 0.15) is 36.9 Å². The van der Waals surface area contributed by atoms with Gasteiger partial charge >= 0.3 is 0 Å². The van der Waals surface area contributed by atoms with Gasteiger partial charge in [0.2, 0.25) is 0 Å². The Morgan fingerprint density at radius 3 is 2.81 bits per heavy atom. The van der Waals surface area contributed by atoms with Crippen LogP contribution in [0.4, 0.5) is 5.69 Å². The minimum Gasteiger partial charge on any atom is -0.459 e. The van der Waals surface area contributed by atoms with E-state index in [-0.39, 0.29) is 11.8 Å². The highest BCUT2D eigenvalue weighted by molar-refractivity contribution is 7.12. The topological polar surface area (TPSA) is 62.6 Å². The van der Waals surface area contributed by atoms with Gasteiger partial charge in [-0.15, -0.1) is 11.3 Å². The van der Waals surface area contributed by atoms with Crippen LogP contribution >= 0.6 is 11.3 Å². The van der Waals surface area contributed by atoms with E-state index in [9.17, 15) is 9.59 Å². The summed E-state index contributed by atoms with van der Waals surface area (Å²) >= 11 is 1.43.